The van der Waals surface area contributed by atoms with Crippen molar-refractivity contribution in [3.63, 3.8) is 0 Å². The van der Waals surface area contributed by atoms with E-state index in [9.17, 15) is 13.2 Å². The second kappa shape index (κ2) is 6.37. The SMILES string of the molecule is CC(c1ccc(S(C)(=O)=O)cc1)N(C)CC(=O)N(C)C. The maximum absolute atomic E-state index is 11.7. The van der Waals surface area contributed by atoms with Crippen molar-refractivity contribution in [2.75, 3.05) is 33.9 Å². The Labute approximate surface area is 121 Å². The molecule has 1 rings (SSSR count). The molecule has 0 saturated carbocycles. The quantitative estimate of drug-likeness (QED) is 0.819. The number of likely N-dealkylation sites (N-methyl/N-ethyl adjacent to an activating group) is 2. The van der Waals surface area contributed by atoms with Crippen molar-refractivity contribution in [2.24, 2.45) is 0 Å². The normalized spacial score (nSPS) is 13.3. The number of benzene rings is 1. The van der Waals surface area contributed by atoms with Gasteiger partial charge in [0.15, 0.2) is 9.84 Å². The monoisotopic (exact) mass is 298 g/mol. The highest BCUT2D eigenvalue weighted by Gasteiger charge is 2.16. The number of rotatable bonds is 5. The van der Waals surface area contributed by atoms with Crippen LogP contribution in [0.5, 0.6) is 0 Å². The van der Waals surface area contributed by atoms with E-state index in [2.05, 4.69) is 0 Å². The summed E-state index contributed by atoms with van der Waals surface area (Å²) in [4.78, 5) is 15.5. The van der Waals surface area contributed by atoms with Gasteiger partial charge in [-0.2, -0.15) is 0 Å². The van der Waals surface area contributed by atoms with Crippen molar-refractivity contribution in [1.82, 2.24) is 9.80 Å². The van der Waals surface area contributed by atoms with E-state index in [-0.39, 0.29) is 11.9 Å². The molecule has 20 heavy (non-hydrogen) atoms. The van der Waals surface area contributed by atoms with Gasteiger partial charge in [-0.1, -0.05) is 12.1 Å². The van der Waals surface area contributed by atoms with Crippen LogP contribution in [0.4, 0.5) is 0 Å². The lowest BCUT2D eigenvalue weighted by Crippen LogP contribution is -2.35. The molecule has 1 aromatic carbocycles. The molecule has 1 aromatic rings. The number of carbonyl (C=O) groups excluding carboxylic acids is 1. The molecule has 1 unspecified atom stereocenters. The van der Waals surface area contributed by atoms with Gasteiger partial charge < -0.3 is 4.90 Å². The smallest absolute Gasteiger partial charge is 0.236 e. The lowest BCUT2D eigenvalue weighted by Gasteiger charge is -2.25. The van der Waals surface area contributed by atoms with Gasteiger partial charge in [-0.3, -0.25) is 9.69 Å². The zero-order valence-electron chi connectivity index (χ0n) is 12.6. The molecule has 5 nitrogen and oxygen atoms in total. The number of hydrogen-bond acceptors (Lipinski definition) is 4. The molecule has 0 fully saturated rings. The summed E-state index contributed by atoms with van der Waals surface area (Å²) in [6, 6.07) is 6.81. The van der Waals surface area contributed by atoms with Gasteiger partial charge in [-0.15, -0.1) is 0 Å². The summed E-state index contributed by atoms with van der Waals surface area (Å²) in [7, 11) is 2.15. The second-order valence-corrected chi connectivity index (χ2v) is 7.24. The highest BCUT2D eigenvalue weighted by molar-refractivity contribution is 7.90. The van der Waals surface area contributed by atoms with Crippen molar-refractivity contribution in [3.8, 4) is 0 Å². The van der Waals surface area contributed by atoms with Crippen LogP contribution in [0.3, 0.4) is 0 Å². The predicted molar refractivity (Wildman–Crippen MR) is 79.3 cm³/mol. The third kappa shape index (κ3) is 4.31. The zero-order valence-corrected chi connectivity index (χ0v) is 13.4. The Morgan fingerprint density at radius 3 is 2.05 bits per heavy atom. The average molecular weight is 298 g/mol. The first-order chi connectivity index (χ1) is 9.12. The van der Waals surface area contributed by atoms with E-state index < -0.39 is 9.84 Å². The minimum Gasteiger partial charge on any atom is -0.348 e. The Hall–Kier alpha value is -1.40. The standard InChI is InChI=1S/C14H22N2O3S/c1-11(16(4)10-14(17)15(2)3)12-6-8-13(9-7-12)20(5,18)19/h6-9,11H,10H2,1-5H3. The van der Waals surface area contributed by atoms with Gasteiger partial charge in [0.1, 0.15) is 0 Å². The molecule has 1 amide bonds. The van der Waals surface area contributed by atoms with Gasteiger partial charge in [0, 0.05) is 26.4 Å². The summed E-state index contributed by atoms with van der Waals surface area (Å²) in [6.07, 6.45) is 1.19. The molecule has 0 aliphatic rings. The van der Waals surface area contributed by atoms with Crippen molar-refractivity contribution < 1.29 is 13.2 Å². The number of carbonyl (C=O) groups is 1. The van der Waals surface area contributed by atoms with E-state index in [0.29, 0.717) is 11.4 Å². The van der Waals surface area contributed by atoms with Gasteiger partial charge >= 0.3 is 0 Å². The number of hydrogen-bond donors (Lipinski definition) is 0. The van der Waals surface area contributed by atoms with Crippen LogP contribution in [0, 0.1) is 0 Å². The van der Waals surface area contributed by atoms with Gasteiger partial charge in [0.2, 0.25) is 5.91 Å². The molecule has 0 spiro atoms. The number of nitrogens with zero attached hydrogens (tertiary/aromatic N) is 2. The minimum absolute atomic E-state index is 0.0344. The Morgan fingerprint density at radius 2 is 1.65 bits per heavy atom. The first-order valence-corrected chi connectivity index (χ1v) is 8.22. The molecular formula is C14H22N2O3S. The molecule has 0 N–H and O–H groups in total. The van der Waals surface area contributed by atoms with Gasteiger partial charge in [-0.05, 0) is 31.7 Å². The summed E-state index contributed by atoms with van der Waals surface area (Å²) in [5.74, 6) is 0.0344. The van der Waals surface area contributed by atoms with Gasteiger partial charge in [0.25, 0.3) is 0 Å². The molecule has 112 valence electrons. The summed E-state index contributed by atoms with van der Waals surface area (Å²) in [6.45, 7) is 2.31. The van der Waals surface area contributed by atoms with Crippen LogP contribution < -0.4 is 0 Å². The van der Waals surface area contributed by atoms with E-state index >= 15 is 0 Å². The molecule has 0 aliphatic heterocycles. The number of sulfone groups is 1. The van der Waals surface area contributed by atoms with E-state index in [0.717, 1.165) is 5.56 Å². The fraction of sp³-hybridized carbons (Fsp3) is 0.500. The maximum Gasteiger partial charge on any atom is 0.236 e. The minimum atomic E-state index is -3.17. The molecule has 0 heterocycles. The molecule has 0 saturated heterocycles. The van der Waals surface area contributed by atoms with E-state index in [1.54, 1.807) is 43.3 Å². The van der Waals surface area contributed by atoms with Gasteiger partial charge in [-0.25, -0.2) is 8.42 Å². The van der Waals surface area contributed by atoms with E-state index in [1.807, 2.05) is 18.9 Å². The lowest BCUT2D eigenvalue weighted by molar-refractivity contribution is -0.130. The molecule has 1 atom stereocenters. The van der Waals surface area contributed by atoms with Gasteiger partial charge in [0.05, 0.1) is 11.4 Å². The molecule has 6 heteroatoms. The van der Waals surface area contributed by atoms with Crippen LogP contribution in [-0.2, 0) is 14.6 Å². The topological polar surface area (TPSA) is 57.7 Å². The van der Waals surface area contributed by atoms with E-state index in [1.165, 1.54) is 6.26 Å². The fourth-order valence-corrected chi connectivity index (χ4v) is 2.37. The second-order valence-electron chi connectivity index (χ2n) is 5.22. The van der Waals surface area contributed by atoms with Crippen LogP contribution in [0.15, 0.2) is 29.2 Å². The predicted octanol–water partition coefficient (Wildman–Crippen LogP) is 1.17. The summed E-state index contributed by atoms with van der Waals surface area (Å²) in [5.41, 5.74) is 0.978. The maximum atomic E-state index is 11.7. The third-order valence-electron chi connectivity index (χ3n) is 3.34. The fourth-order valence-electron chi connectivity index (χ4n) is 1.74. The highest BCUT2D eigenvalue weighted by atomic mass is 32.2. The largest absolute Gasteiger partial charge is 0.348 e. The summed E-state index contributed by atoms with van der Waals surface area (Å²) in [5, 5.41) is 0. The Morgan fingerprint density at radius 1 is 1.15 bits per heavy atom. The molecule has 0 aliphatic carbocycles. The van der Waals surface area contributed by atoms with Crippen LogP contribution in [0.25, 0.3) is 0 Å². The van der Waals surface area contributed by atoms with Crippen molar-refractivity contribution in [2.45, 2.75) is 17.9 Å². The van der Waals surface area contributed by atoms with Crippen molar-refractivity contribution >= 4 is 15.7 Å². The number of amides is 1. The summed E-state index contributed by atoms with van der Waals surface area (Å²) >= 11 is 0. The van der Waals surface area contributed by atoms with Crippen LogP contribution in [0.1, 0.15) is 18.5 Å². The molecule has 0 radical (unpaired) electrons. The van der Waals surface area contributed by atoms with Crippen molar-refractivity contribution in [3.05, 3.63) is 29.8 Å². The van der Waals surface area contributed by atoms with Crippen molar-refractivity contribution in [1.29, 1.82) is 0 Å². The molecule has 0 bridgehead atoms. The first-order valence-electron chi connectivity index (χ1n) is 6.33. The Bertz CT molecular complexity index is 565. The van der Waals surface area contributed by atoms with E-state index in [4.69, 9.17) is 0 Å². The highest BCUT2D eigenvalue weighted by Crippen LogP contribution is 2.20. The van der Waals surface area contributed by atoms with Crippen LogP contribution in [-0.4, -0.2) is 58.1 Å². The third-order valence-corrected chi connectivity index (χ3v) is 4.46. The molecule has 0 aromatic heterocycles. The first kappa shape index (κ1) is 16.7. The average Bonchev–Trinajstić information content (AvgIpc) is 2.36. The Balaban J connectivity index is 2.82. The molecular weight excluding hydrogens is 276 g/mol. The summed E-state index contributed by atoms with van der Waals surface area (Å²) < 4.78 is 22.8. The Kier molecular flexibility index (Phi) is 5.30. The lowest BCUT2D eigenvalue weighted by atomic mass is 10.1. The van der Waals surface area contributed by atoms with Crippen LogP contribution >= 0.6 is 0 Å². The zero-order chi connectivity index (χ0) is 15.5. The van der Waals surface area contributed by atoms with Crippen LogP contribution in [0.2, 0.25) is 0 Å².